The first kappa shape index (κ1) is 11.9. The first-order valence-electron chi connectivity index (χ1n) is 6.80. The fourth-order valence-corrected chi connectivity index (χ4v) is 3.69. The van der Waals surface area contributed by atoms with Gasteiger partial charge in [-0.25, -0.2) is 9.97 Å². The van der Waals surface area contributed by atoms with Crippen LogP contribution in [0.25, 0.3) is 10.2 Å². The van der Waals surface area contributed by atoms with Crippen molar-refractivity contribution in [1.82, 2.24) is 9.97 Å². The predicted octanol–water partition coefficient (Wildman–Crippen LogP) is 3.95. The molecule has 2 aromatic heterocycles. The number of anilines is 1. The van der Waals surface area contributed by atoms with Crippen LogP contribution in [0, 0.1) is 0 Å². The number of nitrogens with one attached hydrogen (secondary N) is 1. The number of nitrogens with zero attached hydrogens (tertiary/aromatic N) is 2. The van der Waals surface area contributed by atoms with Crippen LogP contribution in [0.3, 0.4) is 0 Å². The van der Waals surface area contributed by atoms with Crippen molar-refractivity contribution >= 4 is 27.4 Å². The van der Waals surface area contributed by atoms with Gasteiger partial charge in [0.2, 0.25) is 0 Å². The lowest BCUT2D eigenvalue weighted by Gasteiger charge is -2.09. The van der Waals surface area contributed by atoms with E-state index in [-0.39, 0.29) is 0 Å². The van der Waals surface area contributed by atoms with Gasteiger partial charge in [-0.05, 0) is 25.3 Å². The summed E-state index contributed by atoms with van der Waals surface area (Å²) in [5, 5.41) is 4.41. The number of rotatable bonds is 3. The lowest BCUT2D eigenvalue weighted by molar-refractivity contribution is 0.674. The van der Waals surface area contributed by atoms with Crippen LogP contribution < -0.4 is 5.32 Å². The second-order valence-electron chi connectivity index (χ2n) is 4.95. The van der Waals surface area contributed by atoms with E-state index in [1.54, 1.807) is 0 Å². The Kier molecular flexibility index (Phi) is 3.20. The highest BCUT2D eigenvalue weighted by Crippen LogP contribution is 2.36. The molecule has 0 atom stereocenters. The van der Waals surface area contributed by atoms with Crippen LogP contribution >= 0.6 is 11.3 Å². The lowest BCUT2D eigenvalue weighted by Crippen LogP contribution is -2.03. The SMILES string of the molecule is CCc1cc2c(NC)nc(C3CCCC3)nc2s1. The molecule has 0 aliphatic heterocycles. The molecule has 1 fully saturated rings. The van der Waals surface area contributed by atoms with E-state index < -0.39 is 0 Å². The van der Waals surface area contributed by atoms with Crippen LogP contribution in [-0.2, 0) is 6.42 Å². The van der Waals surface area contributed by atoms with Crippen molar-refractivity contribution in [2.45, 2.75) is 44.9 Å². The molecule has 0 unspecified atom stereocenters. The number of hydrogen-bond acceptors (Lipinski definition) is 4. The molecule has 3 rings (SSSR count). The molecule has 0 spiro atoms. The van der Waals surface area contributed by atoms with Crippen LogP contribution in [0.4, 0.5) is 5.82 Å². The van der Waals surface area contributed by atoms with Crippen LogP contribution in [0.1, 0.15) is 49.2 Å². The van der Waals surface area contributed by atoms with Gasteiger partial charge in [0.25, 0.3) is 0 Å². The highest BCUT2D eigenvalue weighted by atomic mass is 32.1. The van der Waals surface area contributed by atoms with Crippen molar-refractivity contribution in [3.8, 4) is 0 Å². The zero-order valence-corrected chi connectivity index (χ0v) is 11.8. The molecule has 96 valence electrons. The topological polar surface area (TPSA) is 37.8 Å². The van der Waals surface area contributed by atoms with Gasteiger partial charge in [-0.2, -0.15) is 0 Å². The summed E-state index contributed by atoms with van der Waals surface area (Å²) in [5.74, 6) is 2.63. The van der Waals surface area contributed by atoms with E-state index in [0.717, 1.165) is 22.9 Å². The van der Waals surface area contributed by atoms with Crippen molar-refractivity contribution in [3.05, 3.63) is 16.8 Å². The minimum Gasteiger partial charge on any atom is -0.372 e. The maximum Gasteiger partial charge on any atom is 0.138 e. The second-order valence-corrected chi connectivity index (χ2v) is 6.06. The summed E-state index contributed by atoms with van der Waals surface area (Å²) in [5.41, 5.74) is 0. The van der Waals surface area contributed by atoms with Crippen molar-refractivity contribution in [1.29, 1.82) is 0 Å². The molecule has 2 heterocycles. The van der Waals surface area contributed by atoms with Gasteiger partial charge in [0.05, 0.1) is 5.39 Å². The van der Waals surface area contributed by atoms with Crippen LogP contribution in [0.5, 0.6) is 0 Å². The lowest BCUT2D eigenvalue weighted by atomic mass is 10.1. The first-order valence-corrected chi connectivity index (χ1v) is 7.61. The summed E-state index contributed by atoms with van der Waals surface area (Å²) in [6.07, 6.45) is 6.22. The molecule has 0 amide bonds. The van der Waals surface area contributed by atoms with Gasteiger partial charge in [-0.3, -0.25) is 0 Å². The Morgan fingerprint density at radius 1 is 1.33 bits per heavy atom. The number of thiophene rings is 1. The maximum atomic E-state index is 4.80. The fourth-order valence-electron chi connectivity index (χ4n) is 2.72. The first-order chi connectivity index (χ1) is 8.81. The third-order valence-corrected chi connectivity index (χ3v) is 4.94. The zero-order chi connectivity index (χ0) is 12.5. The molecule has 3 nitrogen and oxygen atoms in total. The number of hydrogen-bond donors (Lipinski definition) is 1. The van der Waals surface area contributed by atoms with E-state index >= 15 is 0 Å². The van der Waals surface area contributed by atoms with Gasteiger partial charge in [0, 0.05) is 17.8 Å². The van der Waals surface area contributed by atoms with Gasteiger partial charge in [-0.1, -0.05) is 19.8 Å². The van der Waals surface area contributed by atoms with Gasteiger partial charge in [0.15, 0.2) is 0 Å². The van der Waals surface area contributed by atoms with Gasteiger partial charge >= 0.3 is 0 Å². The Morgan fingerprint density at radius 2 is 2.11 bits per heavy atom. The molecule has 0 bridgehead atoms. The largest absolute Gasteiger partial charge is 0.372 e. The number of fused-ring (bicyclic) bond motifs is 1. The van der Waals surface area contributed by atoms with E-state index in [1.807, 2.05) is 18.4 Å². The van der Waals surface area contributed by atoms with Crippen molar-refractivity contribution in [2.24, 2.45) is 0 Å². The van der Waals surface area contributed by atoms with E-state index in [2.05, 4.69) is 18.3 Å². The third kappa shape index (κ3) is 1.99. The molecule has 4 heteroatoms. The normalized spacial score (nSPS) is 16.6. The summed E-state index contributed by atoms with van der Waals surface area (Å²) >= 11 is 1.81. The summed E-state index contributed by atoms with van der Waals surface area (Å²) < 4.78 is 0. The molecule has 18 heavy (non-hydrogen) atoms. The van der Waals surface area contributed by atoms with E-state index in [1.165, 1.54) is 35.9 Å². The predicted molar refractivity (Wildman–Crippen MR) is 77.5 cm³/mol. The number of aryl methyl sites for hydroxylation is 1. The van der Waals surface area contributed by atoms with Crippen LogP contribution in [0.2, 0.25) is 0 Å². The second kappa shape index (κ2) is 4.84. The monoisotopic (exact) mass is 261 g/mol. The van der Waals surface area contributed by atoms with E-state index in [4.69, 9.17) is 9.97 Å². The average molecular weight is 261 g/mol. The molecule has 1 saturated carbocycles. The Labute approximate surface area is 112 Å². The zero-order valence-electron chi connectivity index (χ0n) is 11.0. The van der Waals surface area contributed by atoms with Crippen molar-refractivity contribution < 1.29 is 0 Å². The quantitative estimate of drug-likeness (QED) is 0.909. The van der Waals surface area contributed by atoms with Gasteiger partial charge < -0.3 is 5.32 Å². The molecule has 1 N–H and O–H groups in total. The molecule has 0 aromatic carbocycles. The Hall–Kier alpha value is -1.16. The molecule has 1 aliphatic rings. The number of aromatic nitrogens is 2. The Morgan fingerprint density at radius 3 is 2.78 bits per heavy atom. The molecule has 1 aliphatic carbocycles. The molecular formula is C14H19N3S. The fraction of sp³-hybridized carbons (Fsp3) is 0.571. The van der Waals surface area contributed by atoms with Crippen molar-refractivity contribution in [2.75, 3.05) is 12.4 Å². The van der Waals surface area contributed by atoms with E-state index in [9.17, 15) is 0 Å². The van der Waals surface area contributed by atoms with Crippen molar-refractivity contribution in [3.63, 3.8) is 0 Å². The minimum atomic E-state index is 0.577. The highest BCUT2D eigenvalue weighted by Gasteiger charge is 2.21. The smallest absolute Gasteiger partial charge is 0.138 e. The van der Waals surface area contributed by atoms with Gasteiger partial charge in [-0.15, -0.1) is 11.3 Å². The maximum absolute atomic E-state index is 4.80. The molecule has 0 radical (unpaired) electrons. The van der Waals surface area contributed by atoms with Crippen LogP contribution in [-0.4, -0.2) is 17.0 Å². The highest BCUT2D eigenvalue weighted by molar-refractivity contribution is 7.18. The molecular weight excluding hydrogens is 242 g/mol. The molecule has 2 aromatic rings. The summed E-state index contributed by atoms with van der Waals surface area (Å²) in [6, 6.07) is 2.23. The van der Waals surface area contributed by atoms with Gasteiger partial charge in [0.1, 0.15) is 16.5 Å². The van der Waals surface area contributed by atoms with E-state index in [0.29, 0.717) is 5.92 Å². The summed E-state index contributed by atoms with van der Waals surface area (Å²) in [4.78, 5) is 12.1. The molecule has 0 saturated heterocycles. The minimum absolute atomic E-state index is 0.577. The Balaban J connectivity index is 2.10. The van der Waals surface area contributed by atoms with Crippen LogP contribution in [0.15, 0.2) is 6.07 Å². The summed E-state index contributed by atoms with van der Waals surface area (Å²) in [7, 11) is 1.95. The summed E-state index contributed by atoms with van der Waals surface area (Å²) in [6.45, 7) is 2.19. The third-order valence-electron chi connectivity index (χ3n) is 3.77. The Bertz CT molecular complexity index is 555. The standard InChI is InChI=1S/C14H19N3S/c1-3-10-8-11-13(15-2)16-12(17-14(11)18-10)9-6-4-5-7-9/h8-9H,3-7H2,1-2H3,(H,15,16,17). The average Bonchev–Trinajstić information content (AvgIpc) is 3.05.